The summed E-state index contributed by atoms with van der Waals surface area (Å²) in [6, 6.07) is 2.33. The number of hydrogen-bond donors (Lipinski definition) is 1. The molecule has 0 radical (unpaired) electrons. The van der Waals surface area contributed by atoms with Gasteiger partial charge in [0.15, 0.2) is 0 Å². The third-order valence-electron chi connectivity index (χ3n) is 2.90. The van der Waals surface area contributed by atoms with Gasteiger partial charge < -0.3 is 10.5 Å². The first kappa shape index (κ1) is 10.6. The zero-order valence-corrected chi connectivity index (χ0v) is 9.15. The molecule has 1 saturated carbocycles. The largest absolute Gasteiger partial charge is 0.372 e. The lowest BCUT2D eigenvalue weighted by Gasteiger charge is -2.16. The predicted octanol–water partition coefficient (Wildman–Crippen LogP) is 1.79. The van der Waals surface area contributed by atoms with Crippen LogP contribution in [0.5, 0.6) is 0 Å². The fourth-order valence-electron chi connectivity index (χ4n) is 2.06. The van der Waals surface area contributed by atoms with Crippen LogP contribution in [-0.2, 0) is 11.3 Å². The Balaban J connectivity index is 1.87. The number of nitrogens with zero attached hydrogens (tertiary/aromatic N) is 1. The Morgan fingerprint density at radius 2 is 2.33 bits per heavy atom. The molecular weight excluding hydrogens is 188 g/mol. The van der Waals surface area contributed by atoms with Gasteiger partial charge in [0, 0.05) is 18.4 Å². The first-order valence-corrected chi connectivity index (χ1v) is 5.53. The van der Waals surface area contributed by atoms with Crippen LogP contribution < -0.4 is 5.73 Å². The van der Waals surface area contributed by atoms with Crippen molar-refractivity contribution in [1.29, 1.82) is 0 Å². The lowest BCUT2D eigenvalue weighted by molar-refractivity contribution is 0.0356. The van der Waals surface area contributed by atoms with E-state index >= 15 is 0 Å². The van der Waals surface area contributed by atoms with Gasteiger partial charge in [0.1, 0.15) is 0 Å². The maximum absolute atomic E-state index is 5.93. The summed E-state index contributed by atoms with van der Waals surface area (Å²) in [6.45, 7) is 2.67. The van der Waals surface area contributed by atoms with E-state index in [0.717, 1.165) is 18.4 Å². The van der Waals surface area contributed by atoms with Crippen LogP contribution in [0, 0.1) is 6.92 Å². The van der Waals surface area contributed by atoms with Gasteiger partial charge in [-0.25, -0.2) is 0 Å². The molecule has 1 heterocycles. The molecule has 2 atom stereocenters. The van der Waals surface area contributed by atoms with E-state index in [1.807, 2.05) is 19.3 Å². The van der Waals surface area contributed by atoms with Gasteiger partial charge in [-0.3, -0.25) is 4.98 Å². The maximum atomic E-state index is 5.93. The normalized spacial score (nSPS) is 25.7. The first-order valence-electron chi connectivity index (χ1n) is 5.53. The minimum atomic E-state index is 0.225. The molecule has 0 aromatic carbocycles. The van der Waals surface area contributed by atoms with Crippen LogP contribution in [0.3, 0.4) is 0 Å². The Bertz CT molecular complexity index is 327. The van der Waals surface area contributed by atoms with Crippen LogP contribution in [0.1, 0.15) is 30.4 Å². The highest BCUT2D eigenvalue weighted by atomic mass is 16.5. The summed E-state index contributed by atoms with van der Waals surface area (Å²) in [5, 5.41) is 0. The van der Waals surface area contributed by atoms with Crippen molar-refractivity contribution < 1.29 is 4.74 Å². The molecule has 1 aromatic heterocycles. The Morgan fingerprint density at radius 1 is 1.47 bits per heavy atom. The van der Waals surface area contributed by atoms with Gasteiger partial charge in [0.2, 0.25) is 0 Å². The number of rotatable bonds is 3. The van der Waals surface area contributed by atoms with Crippen molar-refractivity contribution in [2.75, 3.05) is 0 Å². The van der Waals surface area contributed by atoms with Crippen molar-refractivity contribution in [1.82, 2.24) is 4.98 Å². The molecule has 2 rings (SSSR count). The fraction of sp³-hybridized carbons (Fsp3) is 0.583. The minimum Gasteiger partial charge on any atom is -0.372 e. The van der Waals surface area contributed by atoms with Crippen LogP contribution in [0.25, 0.3) is 0 Å². The molecule has 0 aliphatic heterocycles. The van der Waals surface area contributed by atoms with Crippen molar-refractivity contribution in [3.8, 4) is 0 Å². The number of pyridine rings is 1. The number of ether oxygens (including phenoxy) is 1. The van der Waals surface area contributed by atoms with Crippen LogP contribution in [0.4, 0.5) is 0 Å². The van der Waals surface area contributed by atoms with Crippen molar-refractivity contribution in [3.63, 3.8) is 0 Å². The Hall–Kier alpha value is -0.930. The number of hydrogen-bond acceptors (Lipinski definition) is 3. The highest BCUT2D eigenvalue weighted by Crippen LogP contribution is 2.21. The molecule has 0 spiro atoms. The standard InChI is InChI=1S/C12H18N2O/c1-9-5-10(7-14-6-9)8-15-12-4-2-3-11(12)13/h5-7,11-12H,2-4,8,13H2,1H3. The third kappa shape index (κ3) is 2.76. The molecule has 1 aliphatic carbocycles. The van der Waals surface area contributed by atoms with E-state index < -0.39 is 0 Å². The average Bonchev–Trinajstić information content (AvgIpc) is 2.61. The van der Waals surface area contributed by atoms with Gasteiger partial charge in [-0.15, -0.1) is 0 Å². The van der Waals surface area contributed by atoms with Crippen LogP contribution in [0.2, 0.25) is 0 Å². The second-order valence-corrected chi connectivity index (χ2v) is 4.31. The topological polar surface area (TPSA) is 48.1 Å². The first-order chi connectivity index (χ1) is 7.25. The van der Waals surface area contributed by atoms with Crippen molar-refractivity contribution in [3.05, 3.63) is 29.6 Å². The zero-order valence-electron chi connectivity index (χ0n) is 9.15. The summed E-state index contributed by atoms with van der Waals surface area (Å²) in [4.78, 5) is 4.14. The Labute approximate surface area is 90.7 Å². The molecule has 0 saturated heterocycles. The van der Waals surface area contributed by atoms with Crippen LogP contribution >= 0.6 is 0 Å². The van der Waals surface area contributed by atoms with Crippen molar-refractivity contribution in [2.45, 2.75) is 44.9 Å². The molecule has 2 N–H and O–H groups in total. The van der Waals surface area contributed by atoms with Gasteiger partial charge in [-0.1, -0.05) is 6.07 Å². The Kier molecular flexibility index (Phi) is 3.34. The monoisotopic (exact) mass is 206 g/mol. The van der Waals surface area contributed by atoms with E-state index in [4.69, 9.17) is 10.5 Å². The number of aryl methyl sites for hydroxylation is 1. The quantitative estimate of drug-likeness (QED) is 0.820. The maximum Gasteiger partial charge on any atom is 0.0736 e. The summed E-state index contributed by atoms with van der Waals surface area (Å²) in [7, 11) is 0. The summed E-state index contributed by atoms with van der Waals surface area (Å²) < 4.78 is 5.79. The second kappa shape index (κ2) is 4.73. The van der Waals surface area contributed by atoms with E-state index in [9.17, 15) is 0 Å². The van der Waals surface area contributed by atoms with Crippen molar-refractivity contribution >= 4 is 0 Å². The van der Waals surface area contributed by atoms with Crippen LogP contribution in [-0.4, -0.2) is 17.1 Å². The molecule has 2 unspecified atom stereocenters. The number of aromatic nitrogens is 1. The summed E-state index contributed by atoms with van der Waals surface area (Å²) in [5.41, 5.74) is 8.24. The van der Waals surface area contributed by atoms with Gasteiger partial charge in [0.25, 0.3) is 0 Å². The summed E-state index contributed by atoms with van der Waals surface area (Å²) >= 11 is 0. The molecule has 3 nitrogen and oxygen atoms in total. The lowest BCUT2D eigenvalue weighted by Crippen LogP contribution is -2.31. The molecule has 0 bridgehead atoms. The van der Waals surface area contributed by atoms with Gasteiger partial charge >= 0.3 is 0 Å². The van der Waals surface area contributed by atoms with Crippen molar-refractivity contribution in [2.24, 2.45) is 5.73 Å². The fourth-order valence-corrected chi connectivity index (χ4v) is 2.06. The van der Waals surface area contributed by atoms with E-state index in [1.165, 1.54) is 12.0 Å². The van der Waals surface area contributed by atoms with E-state index in [2.05, 4.69) is 11.1 Å². The molecule has 82 valence electrons. The molecule has 0 amide bonds. The minimum absolute atomic E-state index is 0.225. The Morgan fingerprint density at radius 3 is 3.00 bits per heavy atom. The van der Waals surface area contributed by atoms with E-state index in [1.54, 1.807) is 0 Å². The SMILES string of the molecule is Cc1cncc(COC2CCCC2N)c1. The summed E-state index contributed by atoms with van der Waals surface area (Å²) in [5.74, 6) is 0. The zero-order chi connectivity index (χ0) is 10.7. The molecule has 3 heteroatoms. The second-order valence-electron chi connectivity index (χ2n) is 4.31. The van der Waals surface area contributed by atoms with Gasteiger partial charge in [-0.2, -0.15) is 0 Å². The van der Waals surface area contributed by atoms with Gasteiger partial charge in [0.05, 0.1) is 12.7 Å². The van der Waals surface area contributed by atoms with Crippen LogP contribution in [0.15, 0.2) is 18.5 Å². The molecule has 1 aliphatic rings. The van der Waals surface area contributed by atoms with E-state index in [-0.39, 0.29) is 12.1 Å². The highest BCUT2D eigenvalue weighted by Gasteiger charge is 2.24. The molecule has 1 fully saturated rings. The van der Waals surface area contributed by atoms with E-state index in [0.29, 0.717) is 6.61 Å². The van der Waals surface area contributed by atoms with Gasteiger partial charge in [-0.05, 0) is 37.3 Å². The highest BCUT2D eigenvalue weighted by molar-refractivity contribution is 5.15. The smallest absolute Gasteiger partial charge is 0.0736 e. The number of nitrogens with two attached hydrogens (primary N) is 1. The molecular formula is C12H18N2O. The lowest BCUT2D eigenvalue weighted by atomic mass is 10.2. The average molecular weight is 206 g/mol. The predicted molar refractivity (Wildman–Crippen MR) is 59.4 cm³/mol. The summed E-state index contributed by atoms with van der Waals surface area (Å²) in [6.07, 6.45) is 7.33. The molecule has 1 aromatic rings. The molecule has 15 heavy (non-hydrogen) atoms. The third-order valence-corrected chi connectivity index (χ3v) is 2.90.